The molecule has 0 unspecified atom stereocenters. The minimum atomic E-state index is -0.583. The number of ether oxygens (including phenoxy) is 1. The number of thiazole rings is 1. The van der Waals surface area contributed by atoms with Crippen LogP contribution in [0.3, 0.4) is 0 Å². The number of para-hydroxylation sites is 1. The van der Waals surface area contributed by atoms with Crippen molar-refractivity contribution < 1.29 is 9.53 Å². The molecule has 0 aliphatic heterocycles. The lowest BCUT2D eigenvalue weighted by atomic mass is 10.1. The average molecular weight is 455 g/mol. The lowest BCUT2D eigenvalue weighted by Gasteiger charge is -2.08. The maximum Gasteiger partial charge on any atom is 0.338 e. The Morgan fingerprint density at radius 1 is 0.970 bits per heavy atom. The molecule has 0 spiro atoms. The van der Waals surface area contributed by atoms with Crippen LogP contribution in [0.4, 0.5) is 0 Å². The molecule has 0 radical (unpaired) electrons. The monoisotopic (exact) mass is 455 g/mol. The Balaban J connectivity index is 1.37. The summed E-state index contributed by atoms with van der Waals surface area (Å²) < 4.78 is 6.46. The van der Waals surface area contributed by atoms with Gasteiger partial charge < -0.3 is 9.72 Å². The highest BCUT2D eigenvalue weighted by Gasteiger charge is 2.14. The van der Waals surface area contributed by atoms with Crippen molar-refractivity contribution >= 4 is 28.2 Å². The molecule has 33 heavy (non-hydrogen) atoms. The van der Waals surface area contributed by atoms with Gasteiger partial charge in [-0.05, 0) is 30.3 Å². The number of hydrogen-bond acceptors (Lipinski definition) is 6. The number of rotatable bonds is 5. The van der Waals surface area contributed by atoms with Crippen LogP contribution in [0.25, 0.3) is 27.2 Å². The molecule has 162 valence electrons. The van der Waals surface area contributed by atoms with Crippen LogP contribution in [0.15, 0.2) is 93.8 Å². The lowest BCUT2D eigenvalue weighted by Crippen LogP contribution is -2.33. The van der Waals surface area contributed by atoms with Crippen LogP contribution in [0.1, 0.15) is 16.1 Å². The molecule has 0 saturated carbocycles. The zero-order valence-corrected chi connectivity index (χ0v) is 18.0. The van der Waals surface area contributed by atoms with E-state index >= 15 is 0 Å². The number of fused-ring (bicyclic) bond motifs is 1. The highest BCUT2D eigenvalue weighted by Crippen LogP contribution is 2.23. The molecular formula is C25H17N3O4S. The van der Waals surface area contributed by atoms with E-state index in [1.165, 1.54) is 29.5 Å². The minimum absolute atomic E-state index is 0.0202. The fourth-order valence-electron chi connectivity index (χ4n) is 3.47. The fourth-order valence-corrected chi connectivity index (χ4v) is 4.28. The van der Waals surface area contributed by atoms with E-state index in [-0.39, 0.29) is 17.7 Å². The van der Waals surface area contributed by atoms with E-state index in [1.807, 2.05) is 35.7 Å². The highest BCUT2D eigenvalue weighted by atomic mass is 32.1. The summed E-state index contributed by atoms with van der Waals surface area (Å²) in [6.45, 7) is 0.0202. The van der Waals surface area contributed by atoms with Gasteiger partial charge in [-0.15, -0.1) is 11.3 Å². The Labute approximate surface area is 191 Å². The van der Waals surface area contributed by atoms with Gasteiger partial charge in [0.1, 0.15) is 11.6 Å². The van der Waals surface area contributed by atoms with Gasteiger partial charge in [0.25, 0.3) is 5.56 Å². The van der Waals surface area contributed by atoms with Crippen molar-refractivity contribution in [1.82, 2.24) is 14.5 Å². The summed E-state index contributed by atoms with van der Waals surface area (Å²) >= 11 is 1.48. The van der Waals surface area contributed by atoms with Gasteiger partial charge in [-0.2, -0.15) is 0 Å². The first-order valence-electron chi connectivity index (χ1n) is 10.1. The third kappa shape index (κ3) is 4.11. The third-order valence-electron chi connectivity index (χ3n) is 5.07. The molecule has 0 amide bonds. The molecule has 8 heteroatoms. The smallest absolute Gasteiger partial charge is 0.338 e. The molecule has 0 saturated heterocycles. The molecule has 0 aliphatic carbocycles. The molecule has 3 aromatic carbocycles. The van der Waals surface area contributed by atoms with E-state index in [4.69, 9.17) is 4.74 Å². The van der Waals surface area contributed by atoms with Crippen LogP contribution >= 0.6 is 11.3 Å². The Hall–Kier alpha value is -4.30. The number of nitrogens with zero attached hydrogens (tertiary/aromatic N) is 2. The van der Waals surface area contributed by atoms with Crippen molar-refractivity contribution in [3.63, 3.8) is 0 Å². The quantitative estimate of drug-likeness (QED) is 0.402. The molecule has 1 N–H and O–H groups in total. The molecule has 0 atom stereocenters. The normalized spacial score (nSPS) is 10.9. The number of nitrogens with one attached hydrogen (secondary N) is 1. The highest BCUT2D eigenvalue weighted by molar-refractivity contribution is 7.13. The van der Waals surface area contributed by atoms with Crippen LogP contribution in [0, 0.1) is 0 Å². The Morgan fingerprint density at radius 3 is 2.45 bits per heavy atom. The second-order valence-corrected chi connectivity index (χ2v) is 8.11. The fraction of sp³-hybridized carbons (Fsp3) is 0.0400. The summed E-state index contributed by atoms with van der Waals surface area (Å²) in [7, 11) is 0. The zero-order chi connectivity index (χ0) is 22.8. The van der Waals surface area contributed by atoms with Gasteiger partial charge in [0.05, 0.1) is 27.8 Å². The number of esters is 1. The second kappa shape index (κ2) is 8.68. The molecule has 0 bridgehead atoms. The SMILES string of the molecule is O=C(OCc1csc(-c2ccccc2)n1)c1ccc2c(=O)n(-c3ccccc3)c(=O)[nH]c2c1. The van der Waals surface area contributed by atoms with Crippen LogP contribution in [-0.4, -0.2) is 20.5 Å². The topological polar surface area (TPSA) is 94.0 Å². The van der Waals surface area contributed by atoms with Crippen LogP contribution < -0.4 is 11.2 Å². The van der Waals surface area contributed by atoms with Crippen molar-refractivity contribution in [2.75, 3.05) is 0 Å². The Morgan fingerprint density at radius 2 is 1.70 bits per heavy atom. The number of aromatic nitrogens is 3. The standard InChI is InChI=1S/C25H17N3O4S/c29-23-20-12-11-17(13-21(20)27-25(31)28(23)19-9-5-2-6-10-19)24(30)32-14-18-15-33-22(26-18)16-7-3-1-4-8-16/h1-13,15H,14H2,(H,27,31). The second-order valence-electron chi connectivity index (χ2n) is 7.25. The largest absolute Gasteiger partial charge is 0.456 e. The predicted octanol–water partition coefficient (Wildman–Crippen LogP) is 4.16. The van der Waals surface area contributed by atoms with Crippen LogP contribution in [0.5, 0.6) is 0 Å². The van der Waals surface area contributed by atoms with Crippen molar-refractivity contribution in [2.45, 2.75) is 6.61 Å². The van der Waals surface area contributed by atoms with E-state index in [0.717, 1.165) is 15.1 Å². The van der Waals surface area contributed by atoms with E-state index < -0.39 is 17.2 Å². The molecule has 2 heterocycles. The summed E-state index contributed by atoms with van der Waals surface area (Å²) in [4.78, 5) is 45.2. The molecule has 0 aliphatic rings. The first kappa shape index (κ1) is 20.6. The van der Waals surface area contributed by atoms with E-state index in [2.05, 4.69) is 9.97 Å². The van der Waals surface area contributed by atoms with Gasteiger partial charge in [-0.3, -0.25) is 4.79 Å². The van der Waals surface area contributed by atoms with Crippen LogP contribution in [-0.2, 0) is 11.3 Å². The Bertz CT molecular complexity index is 1570. The first-order valence-corrected chi connectivity index (χ1v) is 11.0. The van der Waals surface area contributed by atoms with Gasteiger partial charge in [0.2, 0.25) is 0 Å². The van der Waals surface area contributed by atoms with Crippen molar-refractivity contribution in [1.29, 1.82) is 0 Å². The van der Waals surface area contributed by atoms with Crippen molar-refractivity contribution in [2.24, 2.45) is 0 Å². The number of carbonyl (C=O) groups is 1. The maximum atomic E-state index is 12.9. The zero-order valence-electron chi connectivity index (χ0n) is 17.2. The third-order valence-corrected chi connectivity index (χ3v) is 6.01. The molecule has 7 nitrogen and oxygen atoms in total. The van der Waals surface area contributed by atoms with Crippen molar-refractivity contribution in [3.05, 3.63) is 116 Å². The molecule has 5 rings (SSSR count). The average Bonchev–Trinajstić information content (AvgIpc) is 3.32. The van der Waals surface area contributed by atoms with Gasteiger partial charge in [-0.1, -0.05) is 48.5 Å². The first-order chi connectivity index (χ1) is 16.1. The Kier molecular flexibility index (Phi) is 5.42. The number of carbonyl (C=O) groups excluding carboxylic acids is 1. The van der Waals surface area contributed by atoms with Crippen LogP contribution in [0.2, 0.25) is 0 Å². The molecule has 0 fully saturated rings. The van der Waals surface area contributed by atoms with E-state index in [1.54, 1.807) is 30.3 Å². The number of aromatic amines is 1. The number of H-pyrrole nitrogens is 1. The van der Waals surface area contributed by atoms with E-state index in [0.29, 0.717) is 16.8 Å². The summed E-state index contributed by atoms with van der Waals surface area (Å²) in [5, 5.41) is 2.99. The van der Waals surface area contributed by atoms with E-state index in [9.17, 15) is 14.4 Å². The number of hydrogen-bond donors (Lipinski definition) is 1. The van der Waals surface area contributed by atoms with Gasteiger partial charge in [-0.25, -0.2) is 19.1 Å². The minimum Gasteiger partial charge on any atom is -0.456 e. The summed E-state index contributed by atoms with van der Waals surface area (Å²) in [5.41, 5.74) is 1.57. The summed E-state index contributed by atoms with van der Waals surface area (Å²) in [6.07, 6.45) is 0. The molecular weight excluding hydrogens is 438 g/mol. The number of benzene rings is 3. The predicted molar refractivity (Wildman–Crippen MR) is 127 cm³/mol. The molecule has 5 aromatic rings. The summed E-state index contributed by atoms with van der Waals surface area (Å²) in [5.74, 6) is -0.570. The van der Waals surface area contributed by atoms with Gasteiger partial charge in [0.15, 0.2) is 0 Å². The van der Waals surface area contributed by atoms with Gasteiger partial charge in [0, 0.05) is 10.9 Å². The van der Waals surface area contributed by atoms with Gasteiger partial charge >= 0.3 is 11.7 Å². The van der Waals surface area contributed by atoms with Crippen molar-refractivity contribution in [3.8, 4) is 16.3 Å². The summed E-state index contributed by atoms with van der Waals surface area (Å²) in [6, 6.07) is 22.9. The molecule has 2 aromatic heterocycles. The lowest BCUT2D eigenvalue weighted by molar-refractivity contribution is 0.0468. The maximum absolute atomic E-state index is 12.9.